The van der Waals surface area contributed by atoms with Crippen LogP contribution in [0.3, 0.4) is 0 Å². The summed E-state index contributed by atoms with van der Waals surface area (Å²) in [6, 6.07) is 16.4. The summed E-state index contributed by atoms with van der Waals surface area (Å²) < 4.78 is 25.3. The summed E-state index contributed by atoms with van der Waals surface area (Å²) in [6.07, 6.45) is 0. The van der Waals surface area contributed by atoms with Crippen molar-refractivity contribution in [3.63, 3.8) is 0 Å². The average Bonchev–Trinajstić information content (AvgIpc) is 2.65. The molecule has 0 saturated carbocycles. The molecule has 5 nitrogen and oxygen atoms in total. The molecule has 0 aliphatic rings. The second-order valence-corrected chi connectivity index (χ2v) is 7.90. The number of aryl methyl sites for hydroxylation is 4. The fourth-order valence-corrected chi connectivity index (χ4v) is 3.82. The van der Waals surface area contributed by atoms with E-state index in [0.717, 1.165) is 32.7 Å². The van der Waals surface area contributed by atoms with Crippen molar-refractivity contribution in [2.24, 2.45) is 0 Å². The number of rotatable bonds is 1. The minimum atomic E-state index is -3.11. The van der Waals surface area contributed by atoms with Crippen molar-refractivity contribution in [3.05, 3.63) is 70.8 Å². The predicted molar refractivity (Wildman–Crippen MR) is 119 cm³/mol. The second kappa shape index (κ2) is 8.44. The van der Waals surface area contributed by atoms with Gasteiger partial charge in [-0.25, -0.2) is 0 Å². The molecule has 2 N–H and O–H groups in total. The van der Waals surface area contributed by atoms with Gasteiger partial charge in [0.2, 0.25) is 0 Å². The molecule has 4 aromatic carbocycles. The largest absolute Gasteiger partial charge is 0.784 e. The van der Waals surface area contributed by atoms with E-state index < -0.39 is 11.4 Å². The first-order chi connectivity index (χ1) is 14.1. The van der Waals surface area contributed by atoms with Crippen LogP contribution in [0.4, 0.5) is 0 Å². The Labute approximate surface area is 177 Å². The summed E-state index contributed by atoms with van der Waals surface area (Å²) >= 11 is -3.11. The zero-order chi connectivity index (χ0) is 22.2. The van der Waals surface area contributed by atoms with E-state index in [9.17, 15) is 10.2 Å². The van der Waals surface area contributed by atoms with Gasteiger partial charge in [-0.2, -0.15) is 0 Å². The summed E-state index contributed by atoms with van der Waals surface area (Å²) in [4.78, 5) is 0. The van der Waals surface area contributed by atoms with Gasteiger partial charge in [-0.15, -0.1) is 11.4 Å². The van der Waals surface area contributed by atoms with Crippen LogP contribution in [0.2, 0.25) is 0 Å². The Kier molecular flexibility index (Phi) is 6.12. The van der Waals surface area contributed by atoms with Gasteiger partial charge in [0.05, 0.1) is 0 Å². The molecule has 156 valence electrons. The highest BCUT2D eigenvalue weighted by Gasteiger charge is 2.20. The van der Waals surface area contributed by atoms with Gasteiger partial charge in [0.15, 0.2) is 0 Å². The van der Waals surface area contributed by atoms with Crippen molar-refractivity contribution < 1.29 is 23.5 Å². The molecule has 0 atom stereocenters. The van der Waals surface area contributed by atoms with Crippen LogP contribution < -0.4 is 0 Å². The molecule has 0 spiro atoms. The van der Waals surface area contributed by atoms with Crippen LogP contribution in [0, 0.1) is 27.7 Å². The van der Waals surface area contributed by atoms with Crippen molar-refractivity contribution in [1.82, 2.24) is 0 Å². The quantitative estimate of drug-likeness (QED) is 0.405. The van der Waals surface area contributed by atoms with Gasteiger partial charge in [0.1, 0.15) is 11.5 Å². The third-order valence-electron chi connectivity index (χ3n) is 5.17. The van der Waals surface area contributed by atoms with Gasteiger partial charge in [-0.1, -0.05) is 47.5 Å². The lowest BCUT2D eigenvalue weighted by Gasteiger charge is -2.17. The number of phenols is 2. The van der Waals surface area contributed by atoms with E-state index in [1.165, 1.54) is 11.1 Å². The molecular formula is C24H22O5S-2. The van der Waals surface area contributed by atoms with Crippen LogP contribution in [0.1, 0.15) is 22.3 Å². The van der Waals surface area contributed by atoms with Crippen molar-refractivity contribution in [2.45, 2.75) is 27.7 Å². The Morgan fingerprint density at radius 3 is 1.33 bits per heavy atom. The minimum absolute atomic E-state index is 0.226. The molecule has 0 aromatic heterocycles. The molecule has 0 radical (unpaired) electrons. The van der Waals surface area contributed by atoms with E-state index in [4.69, 9.17) is 13.3 Å². The first-order valence-electron chi connectivity index (χ1n) is 9.33. The molecule has 6 heteroatoms. The number of hydrogen-bond donors (Lipinski definition) is 2. The number of hydrogen-bond acceptors (Lipinski definition) is 5. The highest BCUT2D eigenvalue weighted by Crippen LogP contribution is 2.47. The Morgan fingerprint density at radius 1 is 0.667 bits per heavy atom. The normalized spacial score (nSPS) is 11.0. The van der Waals surface area contributed by atoms with Gasteiger partial charge in [-0.3, -0.25) is 4.21 Å². The van der Waals surface area contributed by atoms with Gasteiger partial charge in [0.25, 0.3) is 0 Å². The second-order valence-electron chi connectivity index (χ2n) is 7.49. The first kappa shape index (κ1) is 21.8. The standard InChI is InChI=1S/C24H22O2.H2O3S/c1-13-5-7-19-17(9-13)11-15(3)23(25)21(19)22-20-8-6-14(2)10-18(20)12-16(4)24(22)26;1-4(2)3/h5-12,25-26H,1-4H3;(H2,1,2,3)/p-2. The maximum atomic E-state index is 10.9. The van der Waals surface area contributed by atoms with Gasteiger partial charge >= 0.3 is 0 Å². The molecule has 0 amide bonds. The smallest absolute Gasteiger partial charge is 0.127 e. The van der Waals surface area contributed by atoms with E-state index in [1.807, 2.05) is 50.2 Å². The predicted octanol–water partition coefficient (Wildman–Crippen LogP) is 5.30. The third kappa shape index (κ3) is 4.16. The molecule has 4 rings (SSSR count). The number of fused-ring (bicyclic) bond motifs is 2. The van der Waals surface area contributed by atoms with Crippen LogP contribution in [-0.2, 0) is 11.4 Å². The first-order valence-corrected chi connectivity index (χ1v) is 10.3. The third-order valence-corrected chi connectivity index (χ3v) is 5.17. The van der Waals surface area contributed by atoms with Gasteiger partial charge in [-0.05, 0) is 72.5 Å². The Balaban J connectivity index is 0.000000589. The van der Waals surface area contributed by atoms with Crippen molar-refractivity contribution in [3.8, 4) is 22.6 Å². The van der Waals surface area contributed by atoms with Crippen molar-refractivity contribution in [1.29, 1.82) is 0 Å². The fraction of sp³-hybridized carbons (Fsp3) is 0.167. The lowest BCUT2D eigenvalue weighted by Crippen LogP contribution is -1.92. The fourth-order valence-electron chi connectivity index (χ4n) is 3.82. The van der Waals surface area contributed by atoms with Crippen LogP contribution in [0.15, 0.2) is 48.5 Å². The Bertz CT molecular complexity index is 1200. The van der Waals surface area contributed by atoms with Crippen molar-refractivity contribution in [2.75, 3.05) is 0 Å². The topological polar surface area (TPSA) is 104 Å². The van der Waals surface area contributed by atoms with E-state index in [-0.39, 0.29) is 11.5 Å². The monoisotopic (exact) mass is 422 g/mol. The van der Waals surface area contributed by atoms with Crippen LogP contribution in [0.5, 0.6) is 11.5 Å². The summed E-state index contributed by atoms with van der Waals surface area (Å²) in [5.74, 6) is 0.452. The number of aromatic hydroxyl groups is 2. The zero-order valence-corrected chi connectivity index (χ0v) is 18.0. The van der Waals surface area contributed by atoms with Crippen molar-refractivity contribution >= 4 is 32.9 Å². The maximum absolute atomic E-state index is 10.9. The summed E-state index contributed by atoms with van der Waals surface area (Å²) in [5.41, 5.74) is 5.36. The average molecular weight is 423 g/mol. The lowest BCUT2D eigenvalue weighted by molar-refractivity contribution is 0.419. The molecule has 0 fully saturated rings. The summed E-state index contributed by atoms with van der Waals surface area (Å²) in [6.45, 7) is 7.92. The highest BCUT2D eigenvalue weighted by molar-refractivity contribution is 7.72. The maximum Gasteiger partial charge on any atom is 0.127 e. The molecule has 0 aliphatic heterocycles. The number of benzene rings is 4. The molecule has 30 heavy (non-hydrogen) atoms. The Morgan fingerprint density at radius 2 is 1.00 bits per heavy atom. The molecule has 0 bridgehead atoms. The van der Waals surface area contributed by atoms with E-state index in [0.29, 0.717) is 11.1 Å². The molecule has 0 saturated heterocycles. The van der Waals surface area contributed by atoms with Crippen LogP contribution in [0.25, 0.3) is 32.7 Å². The van der Waals surface area contributed by atoms with E-state index in [2.05, 4.69) is 26.0 Å². The summed E-state index contributed by atoms with van der Waals surface area (Å²) in [5, 5.41) is 25.9. The molecule has 0 unspecified atom stereocenters. The molecule has 0 aliphatic carbocycles. The van der Waals surface area contributed by atoms with Gasteiger partial charge < -0.3 is 19.3 Å². The van der Waals surface area contributed by atoms with E-state index >= 15 is 0 Å². The van der Waals surface area contributed by atoms with Gasteiger partial charge in [0, 0.05) is 11.1 Å². The number of phenolic OH excluding ortho intramolecular Hbond substituents is 2. The molecule has 0 heterocycles. The summed E-state index contributed by atoms with van der Waals surface area (Å²) in [7, 11) is 0. The SMILES string of the molecule is Cc1ccc2c(-c3c(O)c(C)cc4cc(C)ccc34)c(O)c(C)cc2c1.O=S([O-])[O-]. The van der Waals surface area contributed by atoms with E-state index in [1.54, 1.807) is 0 Å². The lowest BCUT2D eigenvalue weighted by atomic mass is 9.88. The van der Waals surface area contributed by atoms with Crippen LogP contribution >= 0.6 is 0 Å². The zero-order valence-electron chi connectivity index (χ0n) is 17.1. The molecule has 4 aromatic rings. The molecular weight excluding hydrogens is 400 g/mol. The van der Waals surface area contributed by atoms with Crippen LogP contribution in [-0.4, -0.2) is 23.5 Å². The highest BCUT2D eigenvalue weighted by atomic mass is 32.2. The Hall–Kier alpha value is -2.93. The minimum Gasteiger partial charge on any atom is -0.784 e.